The summed E-state index contributed by atoms with van der Waals surface area (Å²) in [5, 5.41) is 0.838. The molecule has 1 aromatic carbocycles. The van der Waals surface area contributed by atoms with Gasteiger partial charge < -0.3 is 0 Å². The number of aryl methyl sites for hydroxylation is 1. The van der Waals surface area contributed by atoms with E-state index < -0.39 is 0 Å². The lowest BCUT2D eigenvalue weighted by molar-refractivity contribution is 0.111. The molecule has 3 nitrogen and oxygen atoms in total. The molecular formula is C14H12N2OS. The van der Waals surface area contributed by atoms with E-state index in [9.17, 15) is 4.79 Å². The number of thiazole rings is 1. The molecule has 2 heterocycles. The van der Waals surface area contributed by atoms with Crippen molar-refractivity contribution in [3.8, 4) is 5.13 Å². The molecule has 0 amide bonds. The topological polar surface area (TPSA) is 34.9 Å². The van der Waals surface area contributed by atoms with Crippen LogP contribution in [0.2, 0.25) is 0 Å². The fourth-order valence-electron chi connectivity index (χ4n) is 1.94. The van der Waals surface area contributed by atoms with E-state index in [4.69, 9.17) is 0 Å². The van der Waals surface area contributed by atoms with Gasteiger partial charge in [0.25, 0.3) is 0 Å². The van der Waals surface area contributed by atoms with Gasteiger partial charge in [-0.05, 0) is 36.2 Å². The number of fused-ring (bicyclic) bond motifs is 1. The normalized spacial score (nSPS) is 10.9. The van der Waals surface area contributed by atoms with Crippen LogP contribution in [0.4, 0.5) is 0 Å². The molecule has 3 aromatic rings. The van der Waals surface area contributed by atoms with Gasteiger partial charge in [-0.3, -0.25) is 9.36 Å². The van der Waals surface area contributed by atoms with E-state index in [0.29, 0.717) is 5.69 Å². The number of carbonyl (C=O) groups is 1. The number of benzene rings is 1. The Kier molecular flexibility index (Phi) is 2.72. The van der Waals surface area contributed by atoms with Crippen LogP contribution in [0.3, 0.4) is 0 Å². The number of aldehydes is 1. The Morgan fingerprint density at radius 3 is 3.06 bits per heavy atom. The molecule has 0 spiro atoms. The van der Waals surface area contributed by atoms with Crippen molar-refractivity contribution in [2.75, 3.05) is 0 Å². The van der Waals surface area contributed by atoms with E-state index in [2.05, 4.69) is 24.0 Å². The van der Waals surface area contributed by atoms with Gasteiger partial charge in [0.15, 0.2) is 11.4 Å². The van der Waals surface area contributed by atoms with Crippen molar-refractivity contribution in [3.63, 3.8) is 0 Å². The van der Waals surface area contributed by atoms with Gasteiger partial charge in [0, 0.05) is 6.20 Å². The third-order valence-corrected chi connectivity index (χ3v) is 3.97. The van der Waals surface area contributed by atoms with Gasteiger partial charge in [0.1, 0.15) is 0 Å². The lowest BCUT2D eigenvalue weighted by atomic mass is 10.2. The summed E-state index contributed by atoms with van der Waals surface area (Å²) in [5.41, 5.74) is 2.92. The largest absolute Gasteiger partial charge is 0.296 e. The van der Waals surface area contributed by atoms with Gasteiger partial charge >= 0.3 is 0 Å². The summed E-state index contributed by atoms with van der Waals surface area (Å²) in [6.07, 6.45) is 3.73. The Labute approximate surface area is 109 Å². The highest BCUT2D eigenvalue weighted by atomic mass is 32.1. The van der Waals surface area contributed by atoms with E-state index in [-0.39, 0.29) is 0 Å². The van der Waals surface area contributed by atoms with Crippen LogP contribution in [0.25, 0.3) is 15.3 Å². The minimum atomic E-state index is 0.629. The van der Waals surface area contributed by atoms with E-state index in [1.165, 1.54) is 5.56 Å². The van der Waals surface area contributed by atoms with Crippen LogP contribution in [0.5, 0.6) is 0 Å². The molecule has 0 bridgehead atoms. The zero-order valence-corrected chi connectivity index (χ0v) is 10.8. The van der Waals surface area contributed by atoms with Gasteiger partial charge in [0.2, 0.25) is 0 Å². The van der Waals surface area contributed by atoms with Crippen molar-refractivity contribution in [3.05, 3.63) is 47.8 Å². The van der Waals surface area contributed by atoms with Crippen molar-refractivity contribution in [1.82, 2.24) is 9.55 Å². The predicted octanol–water partition coefficient (Wildman–Crippen LogP) is 3.46. The summed E-state index contributed by atoms with van der Waals surface area (Å²) < 4.78 is 2.98. The van der Waals surface area contributed by atoms with Crippen molar-refractivity contribution in [1.29, 1.82) is 0 Å². The van der Waals surface area contributed by atoms with Gasteiger partial charge in [-0.25, -0.2) is 4.98 Å². The van der Waals surface area contributed by atoms with E-state index in [1.807, 2.05) is 22.9 Å². The Morgan fingerprint density at radius 2 is 2.28 bits per heavy atom. The molecule has 90 valence electrons. The molecule has 0 aliphatic carbocycles. The second kappa shape index (κ2) is 4.38. The number of nitrogens with zero attached hydrogens (tertiary/aromatic N) is 2. The predicted molar refractivity (Wildman–Crippen MR) is 73.7 cm³/mol. The molecular weight excluding hydrogens is 244 g/mol. The molecule has 0 saturated carbocycles. The summed E-state index contributed by atoms with van der Waals surface area (Å²) in [6.45, 7) is 2.14. The fourth-order valence-corrected chi connectivity index (χ4v) is 2.98. The summed E-state index contributed by atoms with van der Waals surface area (Å²) in [7, 11) is 0. The first-order chi connectivity index (χ1) is 8.81. The fraction of sp³-hybridized carbons (Fsp3) is 0.143. The molecule has 4 heteroatoms. The van der Waals surface area contributed by atoms with Crippen molar-refractivity contribution >= 4 is 27.8 Å². The Hall–Kier alpha value is -1.94. The number of aromatic nitrogens is 2. The average Bonchev–Trinajstić information content (AvgIpc) is 3.03. The lowest BCUT2D eigenvalue weighted by Crippen LogP contribution is -1.95. The van der Waals surface area contributed by atoms with Crippen molar-refractivity contribution < 1.29 is 4.79 Å². The van der Waals surface area contributed by atoms with Crippen molar-refractivity contribution in [2.24, 2.45) is 0 Å². The van der Waals surface area contributed by atoms with Gasteiger partial charge in [0.05, 0.1) is 15.9 Å². The van der Waals surface area contributed by atoms with Gasteiger partial charge in [-0.2, -0.15) is 0 Å². The third-order valence-electron chi connectivity index (χ3n) is 2.96. The molecule has 0 unspecified atom stereocenters. The first kappa shape index (κ1) is 11.2. The summed E-state index contributed by atoms with van der Waals surface area (Å²) in [4.78, 5) is 15.5. The van der Waals surface area contributed by atoms with Gasteiger partial charge in [-0.1, -0.05) is 24.3 Å². The second-order valence-electron chi connectivity index (χ2n) is 4.07. The third kappa shape index (κ3) is 1.75. The smallest absolute Gasteiger partial charge is 0.195 e. The van der Waals surface area contributed by atoms with Crippen LogP contribution in [-0.2, 0) is 6.42 Å². The summed E-state index contributed by atoms with van der Waals surface area (Å²) >= 11 is 1.61. The number of rotatable bonds is 3. The average molecular weight is 256 g/mol. The molecule has 0 radical (unpaired) electrons. The molecule has 2 aromatic heterocycles. The van der Waals surface area contributed by atoms with Crippen LogP contribution >= 0.6 is 11.3 Å². The highest BCUT2D eigenvalue weighted by molar-refractivity contribution is 7.20. The molecule has 0 fully saturated rings. The second-order valence-corrected chi connectivity index (χ2v) is 5.08. The van der Waals surface area contributed by atoms with E-state index >= 15 is 0 Å². The van der Waals surface area contributed by atoms with Crippen LogP contribution < -0.4 is 0 Å². The zero-order valence-electron chi connectivity index (χ0n) is 9.96. The monoisotopic (exact) mass is 256 g/mol. The molecule has 18 heavy (non-hydrogen) atoms. The first-order valence-electron chi connectivity index (χ1n) is 5.84. The Bertz CT molecular complexity index is 711. The number of hydrogen-bond acceptors (Lipinski definition) is 3. The first-order valence-corrected chi connectivity index (χ1v) is 6.66. The molecule has 3 rings (SSSR count). The highest BCUT2D eigenvalue weighted by Gasteiger charge is 2.08. The molecule has 0 aliphatic rings. The van der Waals surface area contributed by atoms with Crippen LogP contribution in [0.15, 0.2) is 36.5 Å². The summed E-state index contributed by atoms with van der Waals surface area (Å²) in [6, 6.07) is 9.95. The minimum Gasteiger partial charge on any atom is -0.296 e. The minimum absolute atomic E-state index is 0.629. The van der Waals surface area contributed by atoms with Crippen LogP contribution in [0, 0.1) is 0 Å². The molecule has 0 aliphatic heterocycles. The standard InChI is InChI=1S/C14H12N2OS/c1-2-10-5-6-12-13(8-10)18-14(15-12)16-7-3-4-11(16)9-17/h3-9H,2H2,1H3. The van der Waals surface area contributed by atoms with E-state index in [1.54, 1.807) is 17.4 Å². The Morgan fingerprint density at radius 1 is 1.39 bits per heavy atom. The Balaban J connectivity index is 2.16. The van der Waals surface area contributed by atoms with Crippen LogP contribution in [-0.4, -0.2) is 15.8 Å². The SMILES string of the molecule is CCc1ccc2nc(-n3cccc3C=O)sc2c1. The van der Waals surface area contributed by atoms with E-state index in [0.717, 1.165) is 28.1 Å². The van der Waals surface area contributed by atoms with Crippen molar-refractivity contribution in [2.45, 2.75) is 13.3 Å². The van der Waals surface area contributed by atoms with Gasteiger partial charge in [-0.15, -0.1) is 0 Å². The molecule has 0 saturated heterocycles. The quantitative estimate of drug-likeness (QED) is 0.673. The number of carbonyl (C=O) groups excluding carboxylic acids is 1. The lowest BCUT2D eigenvalue weighted by Gasteiger charge is -1.97. The molecule has 0 atom stereocenters. The highest BCUT2D eigenvalue weighted by Crippen LogP contribution is 2.26. The summed E-state index contributed by atoms with van der Waals surface area (Å²) in [5.74, 6) is 0. The maximum Gasteiger partial charge on any atom is 0.195 e. The maximum absolute atomic E-state index is 10.9. The maximum atomic E-state index is 10.9. The molecule has 0 N–H and O–H groups in total. The number of hydrogen-bond donors (Lipinski definition) is 0. The zero-order chi connectivity index (χ0) is 12.5. The van der Waals surface area contributed by atoms with Crippen LogP contribution in [0.1, 0.15) is 23.0 Å².